The van der Waals surface area contributed by atoms with E-state index in [4.69, 9.17) is 11.6 Å². The summed E-state index contributed by atoms with van der Waals surface area (Å²) in [6.45, 7) is 2.40. The molecule has 1 rings (SSSR count). The van der Waals surface area contributed by atoms with Gasteiger partial charge in [0.05, 0.1) is 6.54 Å². The summed E-state index contributed by atoms with van der Waals surface area (Å²) in [4.78, 5) is 4.03. The third kappa shape index (κ3) is 2.81. The van der Waals surface area contributed by atoms with Crippen molar-refractivity contribution in [3.63, 3.8) is 0 Å². The minimum Gasteiger partial charge on any atom is -0.359 e. The zero-order valence-corrected chi connectivity index (χ0v) is 7.52. The molecule has 0 aliphatic rings. The zero-order valence-electron chi connectivity index (χ0n) is 6.76. The molecule has 1 aromatic heterocycles. The van der Waals surface area contributed by atoms with Crippen molar-refractivity contribution in [1.29, 1.82) is 0 Å². The number of nitrogens with zero attached hydrogens (tertiary/aromatic N) is 1. The highest BCUT2D eigenvalue weighted by Gasteiger charge is 1.91. The van der Waals surface area contributed by atoms with Crippen molar-refractivity contribution in [2.45, 2.75) is 6.92 Å². The summed E-state index contributed by atoms with van der Waals surface area (Å²) >= 11 is 5.67. The first-order valence-electron chi connectivity index (χ1n) is 3.59. The molecule has 62 valence electrons. The van der Waals surface area contributed by atoms with E-state index in [-0.39, 0.29) is 0 Å². The van der Waals surface area contributed by atoms with Gasteiger partial charge in [-0.25, -0.2) is 4.98 Å². The van der Waals surface area contributed by atoms with Gasteiger partial charge in [-0.15, -0.1) is 5.92 Å². The third-order valence-electron chi connectivity index (χ3n) is 1.25. The smallest absolute Gasteiger partial charge is 0.131 e. The summed E-state index contributed by atoms with van der Waals surface area (Å²) in [5, 5.41) is 3.51. The summed E-state index contributed by atoms with van der Waals surface area (Å²) in [6.07, 6.45) is 0. The molecule has 1 heterocycles. The number of aromatic nitrogens is 1. The summed E-state index contributed by atoms with van der Waals surface area (Å²) in [5.41, 5.74) is 0. The first kappa shape index (κ1) is 8.89. The van der Waals surface area contributed by atoms with Gasteiger partial charge in [0.25, 0.3) is 0 Å². The second-order valence-electron chi connectivity index (χ2n) is 2.13. The van der Waals surface area contributed by atoms with Crippen LogP contribution in [-0.4, -0.2) is 11.5 Å². The van der Waals surface area contributed by atoms with Crippen LogP contribution in [0.2, 0.25) is 5.15 Å². The first-order chi connectivity index (χ1) is 5.83. The van der Waals surface area contributed by atoms with Gasteiger partial charge in [0.1, 0.15) is 11.0 Å². The fourth-order valence-corrected chi connectivity index (χ4v) is 0.894. The van der Waals surface area contributed by atoms with Gasteiger partial charge < -0.3 is 5.32 Å². The molecule has 0 saturated heterocycles. The molecule has 0 amide bonds. The second-order valence-corrected chi connectivity index (χ2v) is 2.51. The third-order valence-corrected chi connectivity index (χ3v) is 1.46. The monoisotopic (exact) mass is 180 g/mol. The highest BCUT2D eigenvalue weighted by atomic mass is 35.5. The molecule has 0 atom stereocenters. The maximum Gasteiger partial charge on any atom is 0.131 e. The van der Waals surface area contributed by atoms with Crippen LogP contribution >= 0.6 is 11.6 Å². The van der Waals surface area contributed by atoms with Gasteiger partial charge in [0.15, 0.2) is 0 Å². The topological polar surface area (TPSA) is 24.9 Å². The molecule has 0 fully saturated rings. The van der Waals surface area contributed by atoms with Crippen molar-refractivity contribution in [3.05, 3.63) is 23.4 Å². The molecule has 0 bridgehead atoms. The number of hydrogen-bond donors (Lipinski definition) is 1. The molecule has 0 spiro atoms. The fourth-order valence-electron chi connectivity index (χ4n) is 0.730. The molecule has 2 nitrogen and oxygen atoms in total. The Kier molecular flexibility index (Phi) is 3.43. The lowest BCUT2D eigenvalue weighted by molar-refractivity contribution is 1.24. The van der Waals surface area contributed by atoms with Crippen molar-refractivity contribution in [1.82, 2.24) is 4.98 Å². The Bertz CT molecular complexity index is 312. The van der Waals surface area contributed by atoms with Gasteiger partial charge in [-0.05, 0) is 19.1 Å². The number of halogens is 1. The minimum atomic E-state index is 0.490. The average molecular weight is 181 g/mol. The molecule has 0 aliphatic carbocycles. The predicted molar refractivity (Wildman–Crippen MR) is 51.2 cm³/mol. The Labute approximate surface area is 77.0 Å². The summed E-state index contributed by atoms with van der Waals surface area (Å²) < 4.78 is 0. The molecule has 0 aromatic carbocycles. The number of pyridine rings is 1. The lowest BCUT2D eigenvalue weighted by Gasteiger charge is -1.99. The minimum absolute atomic E-state index is 0.490. The maximum absolute atomic E-state index is 5.67. The van der Waals surface area contributed by atoms with E-state index in [1.54, 1.807) is 13.0 Å². The summed E-state index contributed by atoms with van der Waals surface area (Å²) in [7, 11) is 0. The molecule has 0 saturated carbocycles. The van der Waals surface area contributed by atoms with E-state index in [2.05, 4.69) is 22.1 Å². The van der Waals surface area contributed by atoms with Crippen LogP contribution in [0.3, 0.4) is 0 Å². The van der Waals surface area contributed by atoms with E-state index in [0.29, 0.717) is 11.7 Å². The largest absolute Gasteiger partial charge is 0.359 e. The zero-order chi connectivity index (χ0) is 8.81. The van der Waals surface area contributed by atoms with Gasteiger partial charge in [-0.3, -0.25) is 0 Å². The van der Waals surface area contributed by atoms with Crippen LogP contribution in [0.25, 0.3) is 0 Å². The Balaban J connectivity index is 2.55. The molecular weight excluding hydrogens is 172 g/mol. The van der Waals surface area contributed by atoms with Crippen molar-refractivity contribution in [2.24, 2.45) is 0 Å². The van der Waals surface area contributed by atoms with Crippen LogP contribution in [-0.2, 0) is 0 Å². The Morgan fingerprint density at radius 1 is 1.58 bits per heavy atom. The van der Waals surface area contributed by atoms with E-state index >= 15 is 0 Å². The van der Waals surface area contributed by atoms with Crippen LogP contribution < -0.4 is 5.32 Å². The Morgan fingerprint density at radius 3 is 3.08 bits per heavy atom. The lowest BCUT2D eigenvalue weighted by Crippen LogP contribution is -2.00. The van der Waals surface area contributed by atoms with Crippen molar-refractivity contribution in [3.8, 4) is 11.8 Å². The van der Waals surface area contributed by atoms with Crippen LogP contribution in [0.15, 0.2) is 18.2 Å². The van der Waals surface area contributed by atoms with Gasteiger partial charge in [0.2, 0.25) is 0 Å². The van der Waals surface area contributed by atoms with Gasteiger partial charge in [0, 0.05) is 0 Å². The van der Waals surface area contributed by atoms with Crippen molar-refractivity contribution >= 4 is 17.4 Å². The van der Waals surface area contributed by atoms with Crippen LogP contribution in [0.1, 0.15) is 6.92 Å². The molecular formula is C9H9ClN2. The van der Waals surface area contributed by atoms with Crippen molar-refractivity contribution < 1.29 is 0 Å². The highest BCUT2D eigenvalue weighted by molar-refractivity contribution is 6.29. The number of nitrogens with one attached hydrogen (secondary N) is 1. The van der Waals surface area contributed by atoms with Crippen LogP contribution in [0, 0.1) is 11.8 Å². The SMILES string of the molecule is CC#CCNc1cccc(Cl)n1. The van der Waals surface area contributed by atoms with E-state index in [0.717, 1.165) is 5.82 Å². The first-order valence-corrected chi connectivity index (χ1v) is 3.97. The lowest BCUT2D eigenvalue weighted by atomic mass is 10.4. The van der Waals surface area contributed by atoms with E-state index < -0.39 is 0 Å². The number of rotatable bonds is 2. The average Bonchev–Trinajstić information content (AvgIpc) is 2.05. The van der Waals surface area contributed by atoms with Crippen molar-refractivity contribution in [2.75, 3.05) is 11.9 Å². The highest BCUT2D eigenvalue weighted by Crippen LogP contribution is 2.08. The number of anilines is 1. The van der Waals surface area contributed by atoms with Crippen LogP contribution in [0.5, 0.6) is 0 Å². The predicted octanol–water partition coefficient (Wildman–Crippen LogP) is 2.17. The maximum atomic E-state index is 5.67. The van der Waals surface area contributed by atoms with E-state index in [9.17, 15) is 0 Å². The number of hydrogen-bond acceptors (Lipinski definition) is 2. The van der Waals surface area contributed by atoms with Gasteiger partial charge >= 0.3 is 0 Å². The standard InChI is InChI=1S/C9H9ClN2/c1-2-3-7-11-9-6-4-5-8(10)12-9/h4-6H,7H2,1H3,(H,11,12). The molecule has 12 heavy (non-hydrogen) atoms. The molecule has 1 N–H and O–H groups in total. The molecule has 0 aliphatic heterocycles. The van der Waals surface area contributed by atoms with Gasteiger partial charge in [-0.2, -0.15) is 0 Å². The normalized spacial score (nSPS) is 8.50. The van der Waals surface area contributed by atoms with Crippen LogP contribution in [0.4, 0.5) is 5.82 Å². The Morgan fingerprint density at radius 2 is 2.42 bits per heavy atom. The Hall–Kier alpha value is -1.20. The quantitative estimate of drug-likeness (QED) is 0.558. The van der Waals surface area contributed by atoms with E-state index in [1.165, 1.54) is 0 Å². The summed E-state index contributed by atoms with van der Waals surface area (Å²) in [6, 6.07) is 5.43. The van der Waals surface area contributed by atoms with E-state index in [1.807, 2.05) is 12.1 Å². The molecule has 1 aromatic rings. The molecule has 3 heteroatoms. The second kappa shape index (κ2) is 4.63. The molecule has 0 unspecified atom stereocenters. The summed E-state index contributed by atoms with van der Waals surface area (Å²) in [5.74, 6) is 6.41. The molecule has 0 radical (unpaired) electrons. The van der Waals surface area contributed by atoms with Gasteiger partial charge in [-0.1, -0.05) is 23.6 Å². The fraction of sp³-hybridized carbons (Fsp3) is 0.222.